The van der Waals surface area contributed by atoms with Crippen LogP contribution in [0.1, 0.15) is 23.0 Å². The Bertz CT molecular complexity index is 789. The molecule has 26 heavy (non-hydrogen) atoms. The van der Waals surface area contributed by atoms with Crippen molar-refractivity contribution in [2.45, 2.75) is 13.3 Å². The average Bonchev–Trinajstić information content (AvgIpc) is 3.06. The number of carbonyl (C=O) groups excluding carboxylic acids is 3. The molecule has 0 saturated heterocycles. The zero-order valence-electron chi connectivity index (χ0n) is 14.3. The molecular formula is C17H18N2O6S. The highest BCUT2D eigenvalue weighted by molar-refractivity contribution is 7.13. The van der Waals surface area contributed by atoms with E-state index in [1.165, 1.54) is 7.11 Å². The van der Waals surface area contributed by atoms with Gasteiger partial charge in [0.15, 0.2) is 11.7 Å². The number of anilines is 1. The van der Waals surface area contributed by atoms with Crippen LogP contribution in [0.4, 0.5) is 5.13 Å². The van der Waals surface area contributed by atoms with Gasteiger partial charge in [-0.15, -0.1) is 11.3 Å². The Hall–Kier alpha value is -2.94. The van der Waals surface area contributed by atoms with Gasteiger partial charge in [0.2, 0.25) is 0 Å². The van der Waals surface area contributed by atoms with Gasteiger partial charge in [-0.1, -0.05) is 12.1 Å². The summed E-state index contributed by atoms with van der Waals surface area (Å²) in [5.74, 6) is -1.23. The fourth-order valence-electron chi connectivity index (χ4n) is 1.98. The number of aromatic nitrogens is 1. The number of hydrogen-bond acceptors (Lipinski definition) is 8. The number of ether oxygens (including phenoxy) is 3. The van der Waals surface area contributed by atoms with E-state index in [2.05, 4.69) is 10.3 Å². The minimum absolute atomic E-state index is 0.0308. The molecule has 138 valence electrons. The number of methoxy groups -OCH3 is 1. The number of esters is 2. The van der Waals surface area contributed by atoms with Crippen molar-refractivity contribution in [2.24, 2.45) is 0 Å². The normalized spacial score (nSPS) is 10.1. The first kappa shape index (κ1) is 19.4. The highest BCUT2D eigenvalue weighted by Gasteiger charge is 2.16. The molecule has 9 heteroatoms. The summed E-state index contributed by atoms with van der Waals surface area (Å²) in [6, 6.07) is 6.55. The molecule has 0 aliphatic heterocycles. The third-order valence-electron chi connectivity index (χ3n) is 3.09. The van der Waals surface area contributed by atoms with Gasteiger partial charge in [0.25, 0.3) is 5.91 Å². The van der Waals surface area contributed by atoms with Crippen molar-refractivity contribution in [3.05, 3.63) is 40.9 Å². The van der Waals surface area contributed by atoms with Gasteiger partial charge < -0.3 is 14.2 Å². The van der Waals surface area contributed by atoms with E-state index in [0.717, 1.165) is 11.3 Å². The molecule has 0 aliphatic rings. The molecule has 0 spiro atoms. The molecule has 8 nitrogen and oxygen atoms in total. The molecule has 2 aromatic rings. The maximum absolute atomic E-state index is 12.0. The Morgan fingerprint density at radius 2 is 1.96 bits per heavy atom. The molecule has 1 aromatic heterocycles. The van der Waals surface area contributed by atoms with Crippen LogP contribution in [0, 0.1) is 0 Å². The van der Waals surface area contributed by atoms with E-state index in [4.69, 9.17) is 14.2 Å². The number of para-hydroxylation sites is 1. The highest BCUT2D eigenvalue weighted by Crippen LogP contribution is 2.19. The molecule has 1 N–H and O–H groups in total. The van der Waals surface area contributed by atoms with Gasteiger partial charge in [0, 0.05) is 5.38 Å². The van der Waals surface area contributed by atoms with Gasteiger partial charge in [-0.2, -0.15) is 0 Å². The van der Waals surface area contributed by atoms with Gasteiger partial charge in [-0.25, -0.2) is 9.78 Å². The molecule has 0 bridgehead atoms. The lowest BCUT2D eigenvalue weighted by molar-refractivity contribution is -0.142. The summed E-state index contributed by atoms with van der Waals surface area (Å²) in [7, 11) is 1.44. The van der Waals surface area contributed by atoms with Crippen molar-refractivity contribution in [3.63, 3.8) is 0 Å². The first-order valence-electron chi connectivity index (χ1n) is 7.73. The molecule has 0 aliphatic carbocycles. The van der Waals surface area contributed by atoms with Crippen molar-refractivity contribution < 1.29 is 28.6 Å². The van der Waals surface area contributed by atoms with Crippen LogP contribution < -0.4 is 10.1 Å². The number of nitrogens with one attached hydrogen (secondary N) is 1. The van der Waals surface area contributed by atoms with E-state index in [1.807, 2.05) is 0 Å². The summed E-state index contributed by atoms with van der Waals surface area (Å²) in [5.41, 5.74) is 0.725. The lowest BCUT2D eigenvalue weighted by Crippen LogP contribution is -2.21. The molecule has 1 heterocycles. The maximum Gasteiger partial charge on any atom is 0.342 e. The van der Waals surface area contributed by atoms with Crippen LogP contribution in [0.3, 0.4) is 0 Å². The zero-order valence-corrected chi connectivity index (χ0v) is 15.1. The van der Waals surface area contributed by atoms with Crippen LogP contribution >= 0.6 is 11.3 Å². The Morgan fingerprint density at radius 3 is 2.69 bits per heavy atom. The van der Waals surface area contributed by atoms with E-state index < -0.39 is 18.5 Å². The number of nitrogens with zero attached hydrogens (tertiary/aromatic N) is 1. The summed E-state index contributed by atoms with van der Waals surface area (Å²) < 4.78 is 14.9. The van der Waals surface area contributed by atoms with Crippen LogP contribution in [0.15, 0.2) is 29.6 Å². The van der Waals surface area contributed by atoms with E-state index in [-0.39, 0.29) is 18.0 Å². The smallest absolute Gasteiger partial charge is 0.342 e. The van der Waals surface area contributed by atoms with Crippen LogP contribution in [0.5, 0.6) is 5.75 Å². The minimum Gasteiger partial charge on any atom is -0.496 e. The Kier molecular flexibility index (Phi) is 7.10. The van der Waals surface area contributed by atoms with Crippen molar-refractivity contribution in [1.82, 2.24) is 4.98 Å². The number of hydrogen-bond donors (Lipinski definition) is 1. The summed E-state index contributed by atoms with van der Waals surface area (Å²) in [6.07, 6.45) is 0.0308. The lowest BCUT2D eigenvalue weighted by Gasteiger charge is -2.08. The largest absolute Gasteiger partial charge is 0.496 e. The van der Waals surface area contributed by atoms with E-state index in [0.29, 0.717) is 23.2 Å². The number of amides is 1. The SMILES string of the molecule is CCOC(=O)Cc1csc(NC(=O)COC(=O)c2ccccc2OC)n1. The third-order valence-corrected chi connectivity index (χ3v) is 3.90. The average molecular weight is 378 g/mol. The molecule has 1 aromatic carbocycles. The van der Waals surface area contributed by atoms with Crippen LogP contribution in [-0.2, 0) is 25.5 Å². The van der Waals surface area contributed by atoms with Gasteiger partial charge in [-0.05, 0) is 19.1 Å². The van der Waals surface area contributed by atoms with Crippen LogP contribution in [0.25, 0.3) is 0 Å². The van der Waals surface area contributed by atoms with E-state index in [9.17, 15) is 14.4 Å². The van der Waals surface area contributed by atoms with Crippen LogP contribution in [-0.4, -0.2) is 43.2 Å². The topological polar surface area (TPSA) is 104 Å². The summed E-state index contributed by atoms with van der Waals surface area (Å²) in [4.78, 5) is 39.4. The molecule has 1 amide bonds. The Morgan fingerprint density at radius 1 is 1.19 bits per heavy atom. The maximum atomic E-state index is 12.0. The molecule has 0 unspecified atom stereocenters. The Balaban J connectivity index is 1.84. The standard InChI is InChI=1S/C17H18N2O6S/c1-3-24-15(21)8-11-10-26-17(18-11)19-14(20)9-25-16(22)12-6-4-5-7-13(12)23-2/h4-7,10H,3,8-9H2,1-2H3,(H,18,19,20). The number of carbonyl (C=O) groups is 3. The predicted molar refractivity (Wildman–Crippen MR) is 94.4 cm³/mol. The highest BCUT2D eigenvalue weighted by atomic mass is 32.1. The van der Waals surface area contributed by atoms with Crippen molar-refractivity contribution in [2.75, 3.05) is 25.6 Å². The molecule has 2 rings (SSSR count). The molecule has 0 atom stereocenters. The van der Waals surface area contributed by atoms with Crippen LogP contribution in [0.2, 0.25) is 0 Å². The number of rotatable bonds is 8. The minimum atomic E-state index is -0.667. The number of thiazole rings is 1. The van der Waals surface area contributed by atoms with Crippen molar-refractivity contribution in [1.29, 1.82) is 0 Å². The molecule has 0 radical (unpaired) electrons. The van der Waals surface area contributed by atoms with Gasteiger partial charge in [0.05, 0.1) is 25.8 Å². The van der Waals surface area contributed by atoms with Gasteiger partial charge in [0.1, 0.15) is 11.3 Å². The fourth-order valence-corrected chi connectivity index (χ4v) is 2.71. The zero-order chi connectivity index (χ0) is 18.9. The van der Waals surface area contributed by atoms with Crippen molar-refractivity contribution >= 4 is 34.3 Å². The predicted octanol–water partition coefficient (Wildman–Crippen LogP) is 2.05. The summed E-state index contributed by atoms with van der Waals surface area (Å²) >= 11 is 1.16. The Labute approximate surface area is 154 Å². The third kappa shape index (κ3) is 5.55. The summed E-state index contributed by atoms with van der Waals surface area (Å²) in [6.45, 7) is 1.55. The van der Waals surface area contributed by atoms with E-state index in [1.54, 1.807) is 36.6 Å². The monoisotopic (exact) mass is 378 g/mol. The van der Waals surface area contributed by atoms with Gasteiger partial charge in [-0.3, -0.25) is 14.9 Å². The lowest BCUT2D eigenvalue weighted by atomic mass is 10.2. The second kappa shape index (κ2) is 9.52. The summed E-state index contributed by atoms with van der Waals surface area (Å²) in [5, 5.41) is 4.47. The number of benzene rings is 1. The fraction of sp³-hybridized carbons (Fsp3) is 0.294. The van der Waals surface area contributed by atoms with Gasteiger partial charge >= 0.3 is 11.9 Å². The molecule has 0 fully saturated rings. The second-order valence-corrected chi connectivity index (χ2v) is 5.81. The first-order chi connectivity index (χ1) is 12.5. The molecule has 0 saturated carbocycles. The first-order valence-corrected chi connectivity index (χ1v) is 8.61. The van der Waals surface area contributed by atoms with E-state index >= 15 is 0 Å². The van der Waals surface area contributed by atoms with Crippen molar-refractivity contribution in [3.8, 4) is 5.75 Å². The second-order valence-electron chi connectivity index (χ2n) is 4.95. The quantitative estimate of drug-likeness (QED) is 0.701. The molecular weight excluding hydrogens is 360 g/mol.